The lowest BCUT2D eigenvalue weighted by atomic mass is 10.1. The van der Waals surface area contributed by atoms with Gasteiger partial charge in [-0.05, 0) is 62.4 Å². The Balaban J connectivity index is 1.43. The molecule has 1 atom stereocenters. The maximum atomic E-state index is 13.0. The number of thiophene rings is 1. The van der Waals surface area contributed by atoms with Gasteiger partial charge in [0, 0.05) is 17.0 Å². The normalized spacial score (nSPS) is 16.7. The highest BCUT2D eigenvalue weighted by atomic mass is 32.1. The first-order chi connectivity index (χ1) is 13.1. The van der Waals surface area contributed by atoms with Crippen molar-refractivity contribution < 1.29 is 14.1 Å². The number of rotatable bonds is 5. The van der Waals surface area contributed by atoms with Crippen LogP contribution >= 0.6 is 11.3 Å². The largest absolute Gasteiger partial charge is 0.489 e. The first-order valence-corrected chi connectivity index (χ1v) is 10.0. The van der Waals surface area contributed by atoms with Crippen LogP contribution in [0.4, 0.5) is 0 Å². The van der Waals surface area contributed by atoms with Gasteiger partial charge in [0.2, 0.25) is 0 Å². The van der Waals surface area contributed by atoms with Gasteiger partial charge in [-0.25, -0.2) is 0 Å². The molecule has 27 heavy (non-hydrogen) atoms. The third-order valence-corrected chi connectivity index (χ3v) is 6.02. The standard InChI is InChI=1S/C21H22N2O3S/c1-14-18(15(2)26-22-14)13-25-17-9-7-16(8-10-17)21(24)23-11-3-5-19(23)20-6-4-12-27-20/h4,6-10,12,19H,3,5,11,13H2,1-2H3/t19-/m0/s1. The van der Waals surface area contributed by atoms with Gasteiger partial charge >= 0.3 is 0 Å². The smallest absolute Gasteiger partial charge is 0.254 e. The van der Waals surface area contributed by atoms with Crippen molar-refractivity contribution in [1.82, 2.24) is 10.1 Å². The van der Waals surface area contributed by atoms with E-state index < -0.39 is 0 Å². The molecule has 2 aromatic heterocycles. The number of carbonyl (C=O) groups is 1. The van der Waals surface area contributed by atoms with Crippen LogP contribution in [0.2, 0.25) is 0 Å². The van der Waals surface area contributed by atoms with Gasteiger partial charge in [-0.2, -0.15) is 0 Å². The first-order valence-electron chi connectivity index (χ1n) is 9.12. The van der Waals surface area contributed by atoms with E-state index in [4.69, 9.17) is 9.26 Å². The average molecular weight is 382 g/mol. The summed E-state index contributed by atoms with van der Waals surface area (Å²) < 4.78 is 11.0. The number of nitrogens with zero attached hydrogens (tertiary/aromatic N) is 2. The molecule has 4 rings (SSSR count). The van der Waals surface area contributed by atoms with Gasteiger partial charge in [-0.1, -0.05) is 11.2 Å². The van der Waals surface area contributed by atoms with E-state index in [-0.39, 0.29) is 11.9 Å². The molecule has 3 aromatic rings. The predicted octanol–water partition coefficient (Wildman–Crippen LogP) is 4.91. The SMILES string of the molecule is Cc1noc(C)c1COc1ccc(C(=O)N2CCC[C@H]2c2cccs2)cc1. The Morgan fingerprint density at radius 3 is 2.78 bits per heavy atom. The molecule has 6 heteroatoms. The number of amides is 1. The molecule has 0 radical (unpaired) electrons. The minimum atomic E-state index is 0.0863. The van der Waals surface area contributed by atoms with Gasteiger partial charge in [-0.15, -0.1) is 11.3 Å². The van der Waals surface area contributed by atoms with E-state index in [1.165, 1.54) is 4.88 Å². The molecule has 1 aliphatic rings. The molecule has 0 unspecified atom stereocenters. The highest BCUT2D eigenvalue weighted by Gasteiger charge is 2.31. The van der Waals surface area contributed by atoms with Crippen LogP contribution in [0.3, 0.4) is 0 Å². The molecular formula is C21H22N2O3S. The first kappa shape index (κ1) is 17.8. The zero-order valence-electron chi connectivity index (χ0n) is 15.5. The van der Waals surface area contributed by atoms with E-state index in [1.54, 1.807) is 11.3 Å². The number of carbonyl (C=O) groups excluding carboxylic acids is 1. The van der Waals surface area contributed by atoms with Crippen molar-refractivity contribution in [2.75, 3.05) is 6.54 Å². The fourth-order valence-electron chi connectivity index (χ4n) is 3.51. The maximum absolute atomic E-state index is 13.0. The summed E-state index contributed by atoms with van der Waals surface area (Å²) in [6.45, 7) is 4.99. The Morgan fingerprint density at radius 2 is 2.11 bits per heavy atom. The fraction of sp³-hybridized carbons (Fsp3) is 0.333. The summed E-state index contributed by atoms with van der Waals surface area (Å²) in [5.74, 6) is 1.58. The molecule has 5 nitrogen and oxygen atoms in total. The van der Waals surface area contributed by atoms with Crippen LogP contribution in [0.5, 0.6) is 5.75 Å². The summed E-state index contributed by atoms with van der Waals surface area (Å²) >= 11 is 1.72. The Hall–Kier alpha value is -2.60. The van der Waals surface area contributed by atoms with E-state index in [1.807, 2.05) is 49.1 Å². The third kappa shape index (κ3) is 3.62. The highest BCUT2D eigenvalue weighted by molar-refractivity contribution is 7.10. The third-order valence-electron chi connectivity index (χ3n) is 5.05. The van der Waals surface area contributed by atoms with Crippen molar-refractivity contribution >= 4 is 17.2 Å². The molecule has 1 aromatic carbocycles. The van der Waals surface area contributed by atoms with Crippen LogP contribution in [0, 0.1) is 13.8 Å². The van der Waals surface area contributed by atoms with Gasteiger partial charge in [0.25, 0.3) is 5.91 Å². The lowest BCUT2D eigenvalue weighted by molar-refractivity contribution is 0.0738. The molecule has 1 saturated heterocycles. The molecule has 0 aliphatic carbocycles. The molecule has 140 valence electrons. The minimum absolute atomic E-state index is 0.0863. The van der Waals surface area contributed by atoms with E-state index in [2.05, 4.69) is 16.6 Å². The Kier molecular flexibility index (Phi) is 4.99. The summed E-state index contributed by atoms with van der Waals surface area (Å²) in [5.41, 5.74) is 2.50. The van der Waals surface area contributed by atoms with Crippen molar-refractivity contribution in [1.29, 1.82) is 0 Å². The lowest BCUT2D eigenvalue weighted by Crippen LogP contribution is -2.30. The van der Waals surface area contributed by atoms with E-state index in [0.717, 1.165) is 42.2 Å². The Labute approximate surface area is 162 Å². The van der Waals surface area contributed by atoms with Crippen LogP contribution in [-0.2, 0) is 6.61 Å². The van der Waals surface area contributed by atoms with Crippen LogP contribution in [0.25, 0.3) is 0 Å². The van der Waals surface area contributed by atoms with Gasteiger partial charge in [-0.3, -0.25) is 4.79 Å². The zero-order valence-corrected chi connectivity index (χ0v) is 16.3. The number of benzene rings is 1. The number of hydrogen-bond acceptors (Lipinski definition) is 5. The number of aromatic nitrogens is 1. The quantitative estimate of drug-likeness (QED) is 0.629. The molecular weight excluding hydrogens is 360 g/mol. The van der Waals surface area contributed by atoms with Gasteiger partial charge < -0.3 is 14.2 Å². The second-order valence-electron chi connectivity index (χ2n) is 6.79. The average Bonchev–Trinajstić information content (AvgIpc) is 3.42. The van der Waals surface area contributed by atoms with E-state index in [0.29, 0.717) is 12.2 Å². The summed E-state index contributed by atoms with van der Waals surface area (Å²) in [7, 11) is 0. The summed E-state index contributed by atoms with van der Waals surface area (Å²) in [5, 5.41) is 6.00. The van der Waals surface area contributed by atoms with Crippen molar-refractivity contribution in [2.45, 2.75) is 39.3 Å². The molecule has 0 N–H and O–H groups in total. The summed E-state index contributed by atoms with van der Waals surface area (Å²) in [4.78, 5) is 16.2. The molecule has 0 spiro atoms. The minimum Gasteiger partial charge on any atom is -0.489 e. The van der Waals surface area contributed by atoms with Crippen LogP contribution < -0.4 is 4.74 Å². The summed E-state index contributed by atoms with van der Waals surface area (Å²) in [6.07, 6.45) is 2.08. The van der Waals surface area contributed by atoms with Gasteiger partial charge in [0.05, 0.1) is 17.3 Å². The van der Waals surface area contributed by atoms with Crippen LogP contribution in [0.1, 0.15) is 51.1 Å². The second kappa shape index (κ2) is 7.56. The zero-order chi connectivity index (χ0) is 18.8. The van der Waals surface area contributed by atoms with Crippen molar-refractivity contribution in [3.05, 3.63) is 69.2 Å². The Morgan fingerprint density at radius 1 is 1.30 bits per heavy atom. The van der Waals surface area contributed by atoms with Crippen molar-refractivity contribution in [3.8, 4) is 5.75 Å². The predicted molar refractivity (Wildman–Crippen MR) is 104 cm³/mol. The fourth-order valence-corrected chi connectivity index (χ4v) is 4.38. The Bertz CT molecular complexity index is 896. The van der Waals surface area contributed by atoms with Crippen molar-refractivity contribution in [2.24, 2.45) is 0 Å². The van der Waals surface area contributed by atoms with E-state index in [9.17, 15) is 4.79 Å². The summed E-state index contributed by atoms with van der Waals surface area (Å²) in [6, 6.07) is 11.7. The molecule has 1 fully saturated rings. The lowest BCUT2D eigenvalue weighted by Gasteiger charge is -2.24. The number of likely N-dealkylation sites (tertiary alicyclic amines) is 1. The molecule has 1 amide bonds. The molecule has 0 bridgehead atoms. The monoisotopic (exact) mass is 382 g/mol. The van der Waals surface area contributed by atoms with Crippen LogP contribution in [0.15, 0.2) is 46.3 Å². The molecule has 1 aliphatic heterocycles. The number of aryl methyl sites for hydroxylation is 2. The highest BCUT2D eigenvalue weighted by Crippen LogP contribution is 2.35. The van der Waals surface area contributed by atoms with Crippen LogP contribution in [-0.4, -0.2) is 22.5 Å². The number of ether oxygens (including phenoxy) is 1. The van der Waals surface area contributed by atoms with Gasteiger partial charge in [0.1, 0.15) is 18.1 Å². The van der Waals surface area contributed by atoms with Gasteiger partial charge in [0.15, 0.2) is 0 Å². The molecule has 3 heterocycles. The molecule has 0 saturated carbocycles. The van der Waals surface area contributed by atoms with Crippen molar-refractivity contribution in [3.63, 3.8) is 0 Å². The maximum Gasteiger partial charge on any atom is 0.254 e. The number of hydrogen-bond donors (Lipinski definition) is 0. The topological polar surface area (TPSA) is 55.6 Å². The second-order valence-corrected chi connectivity index (χ2v) is 7.77. The van der Waals surface area contributed by atoms with E-state index >= 15 is 0 Å².